The SMILES string of the molecule is Cc1ccccc1-c1nc(N)ncc1N1CCC(N)CC1. The van der Waals surface area contributed by atoms with Gasteiger partial charge in [0.05, 0.1) is 17.6 Å². The average Bonchev–Trinajstić information content (AvgIpc) is 2.49. The Kier molecular flexibility index (Phi) is 3.75. The molecule has 5 heteroatoms. The summed E-state index contributed by atoms with van der Waals surface area (Å²) < 4.78 is 0. The Morgan fingerprint density at radius 1 is 1.19 bits per heavy atom. The van der Waals surface area contributed by atoms with Gasteiger partial charge in [0.15, 0.2) is 0 Å². The fourth-order valence-electron chi connectivity index (χ4n) is 2.80. The molecular formula is C16H21N5. The molecule has 1 aromatic carbocycles. The molecular weight excluding hydrogens is 262 g/mol. The quantitative estimate of drug-likeness (QED) is 0.880. The molecule has 3 rings (SSSR count). The van der Waals surface area contributed by atoms with Gasteiger partial charge in [0, 0.05) is 24.7 Å². The van der Waals surface area contributed by atoms with Crippen molar-refractivity contribution in [2.75, 3.05) is 23.7 Å². The molecule has 5 nitrogen and oxygen atoms in total. The van der Waals surface area contributed by atoms with Crippen molar-refractivity contribution in [3.05, 3.63) is 36.0 Å². The molecule has 0 bridgehead atoms. The standard InChI is InChI=1S/C16H21N5/c1-11-4-2-3-5-13(11)15-14(10-19-16(18)20-15)21-8-6-12(17)7-9-21/h2-5,10,12H,6-9,17H2,1H3,(H2,18,19,20). The highest BCUT2D eigenvalue weighted by molar-refractivity contribution is 5.77. The lowest BCUT2D eigenvalue weighted by atomic mass is 10.0. The summed E-state index contributed by atoms with van der Waals surface area (Å²) in [6, 6.07) is 8.53. The number of nitrogens with zero attached hydrogens (tertiary/aromatic N) is 3. The lowest BCUT2D eigenvalue weighted by Gasteiger charge is -2.32. The summed E-state index contributed by atoms with van der Waals surface area (Å²) >= 11 is 0. The molecule has 1 saturated heterocycles. The van der Waals surface area contributed by atoms with Gasteiger partial charge in [-0.15, -0.1) is 0 Å². The highest BCUT2D eigenvalue weighted by Crippen LogP contribution is 2.32. The third-order valence-electron chi connectivity index (χ3n) is 4.07. The maximum absolute atomic E-state index is 5.99. The third-order valence-corrected chi connectivity index (χ3v) is 4.07. The number of nitrogen functional groups attached to an aromatic ring is 1. The number of hydrogen-bond acceptors (Lipinski definition) is 5. The zero-order valence-corrected chi connectivity index (χ0v) is 12.3. The fourth-order valence-corrected chi connectivity index (χ4v) is 2.80. The van der Waals surface area contributed by atoms with Crippen LogP contribution in [0, 0.1) is 6.92 Å². The van der Waals surface area contributed by atoms with Crippen molar-refractivity contribution in [3.8, 4) is 11.3 Å². The topological polar surface area (TPSA) is 81.1 Å². The lowest BCUT2D eigenvalue weighted by molar-refractivity contribution is 0.501. The van der Waals surface area contributed by atoms with Gasteiger partial charge in [-0.3, -0.25) is 0 Å². The molecule has 1 aromatic heterocycles. The molecule has 0 radical (unpaired) electrons. The van der Waals surface area contributed by atoms with E-state index in [0.717, 1.165) is 42.9 Å². The van der Waals surface area contributed by atoms with Gasteiger partial charge in [0.25, 0.3) is 0 Å². The molecule has 1 fully saturated rings. The molecule has 1 aliphatic heterocycles. The van der Waals surface area contributed by atoms with Crippen molar-refractivity contribution in [3.63, 3.8) is 0 Å². The fraction of sp³-hybridized carbons (Fsp3) is 0.375. The second-order valence-electron chi connectivity index (χ2n) is 5.60. The van der Waals surface area contributed by atoms with E-state index in [4.69, 9.17) is 11.5 Å². The van der Waals surface area contributed by atoms with E-state index >= 15 is 0 Å². The van der Waals surface area contributed by atoms with E-state index in [1.807, 2.05) is 18.3 Å². The van der Waals surface area contributed by atoms with Crippen LogP contribution in [0.5, 0.6) is 0 Å². The smallest absolute Gasteiger partial charge is 0.220 e. The second kappa shape index (κ2) is 5.69. The Hall–Kier alpha value is -2.14. The Morgan fingerprint density at radius 2 is 1.90 bits per heavy atom. The zero-order valence-electron chi connectivity index (χ0n) is 12.3. The first-order chi connectivity index (χ1) is 10.1. The summed E-state index contributed by atoms with van der Waals surface area (Å²) in [5.41, 5.74) is 16.1. The van der Waals surface area contributed by atoms with Crippen LogP contribution in [0.1, 0.15) is 18.4 Å². The predicted molar refractivity (Wildman–Crippen MR) is 86.0 cm³/mol. The number of piperidine rings is 1. The number of anilines is 2. The molecule has 0 atom stereocenters. The maximum Gasteiger partial charge on any atom is 0.220 e. The third kappa shape index (κ3) is 2.83. The van der Waals surface area contributed by atoms with E-state index < -0.39 is 0 Å². The molecule has 0 unspecified atom stereocenters. The molecule has 4 N–H and O–H groups in total. The van der Waals surface area contributed by atoms with Crippen molar-refractivity contribution in [2.24, 2.45) is 5.73 Å². The maximum atomic E-state index is 5.99. The van der Waals surface area contributed by atoms with Crippen LogP contribution in [0.15, 0.2) is 30.5 Å². The van der Waals surface area contributed by atoms with Crippen LogP contribution in [0.25, 0.3) is 11.3 Å². The van der Waals surface area contributed by atoms with E-state index in [1.165, 1.54) is 5.56 Å². The predicted octanol–water partition coefficient (Wildman–Crippen LogP) is 1.96. The first kappa shape index (κ1) is 13.8. The lowest BCUT2D eigenvalue weighted by Crippen LogP contribution is -2.40. The van der Waals surface area contributed by atoms with E-state index in [-0.39, 0.29) is 0 Å². The van der Waals surface area contributed by atoms with E-state index in [2.05, 4.69) is 33.9 Å². The Labute approximate surface area is 125 Å². The molecule has 110 valence electrons. The molecule has 0 spiro atoms. The van der Waals surface area contributed by atoms with Gasteiger partial charge in [-0.25, -0.2) is 9.97 Å². The largest absolute Gasteiger partial charge is 0.368 e. The molecule has 1 aliphatic rings. The number of rotatable bonds is 2. The molecule has 0 aliphatic carbocycles. The van der Waals surface area contributed by atoms with Gasteiger partial charge in [0.1, 0.15) is 0 Å². The van der Waals surface area contributed by atoms with Crippen LogP contribution >= 0.6 is 0 Å². The number of benzene rings is 1. The zero-order chi connectivity index (χ0) is 14.8. The minimum absolute atomic E-state index is 0.304. The summed E-state index contributed by atoms with van der Waals surface area (Å²) in [5, 5.41) is 0. The summed E-state index contributed by atoms with van der Waals surface area (Å²) in [6.45, 7) is 3.96. The first-order valence-electron chi connectivity index (χ1n) is 7.34. The number of aromatic nitrogens is 2. The van der Waals surface area contributed by atoms with Crippen LogP contribution in [0.3, 0.4) is 0 Å². The van der Waals surface area contributed by atoms with Crippen LogP contribution in [-0.2, 0) is 0 Å². The number of nitrogens with two attached hydrogens (primary N) is 2. The number of aryl methyl sites for hydroxylation is 1. The van der Waals surface area contributed by atoms with Crippen molar-refractivity contribution in [1.29, 1.82) is 0 Å². The summed E-state index contributed by atoms with van der Waals surface area (Å²) in [6.07, 6.45) is 3.83. The summed E-state index contributed by atoms with van der Waals surface area (Å²) in [5.74, 6) is 0.311. The van der Waals surface area contributed by atoms with Crippen LogP contribution in [0.4, 0.5) is 11.6 Å². The van der Waals surface area contributed by atoms with E-state index in [1.54, 1.807) is 0 Å². The highest BCUT2D eigenvalue weighted by atomic mass is 15.2. The van der Waals surface area contributed by atoms with Crippen molar-refractivity contribution < 1.29 is 0 Å². The van der Waals surface area contributed by atoms with Gasteiger partial charge in [-0.1, -0.05) is 24.3 Å². The van der Waals surface area contributed by atoms with E-state index in [0.29, 0.717) is 12.0 Å². The molecule has 2 aromatic rings. The summed E-state index contributed by atoms with van der Waals surface area (Å²) in [7, 11) is 0. The normalized spacial score (nSPS) is 16.2. The van der Waals surface area contributed by atoms with Gasteiger partial charge >= 0.3 is 0 Å². The van der Waals surface area contributed by atoms with Crippen molar-refractivity contribution in [1.82, 2.24) is 9.97 Å². The average molecular weight is 283 g/mol. The van der Waals surface area contributed by atoms with Gasteiger partial charge < -0.3 is 16.4 Å². The molecule has 0 saturated carbocycles. The first-order valence-corrected chi connectivity index (χ1v) is 7.34. The van der Waals surface area contributed by atoms with Crippen LogP contribution in [-0.4, -0.2) is 29.1 Å². The van der Waals surface area contributed by atoms with Gasteiger partial charge in [0.2, 0.25) is 5.95 Å². The Balaban J connectivity index is 2.03. The molecule has 2 heterocycles. The van der Waals surface area contributed by atoms with Crippen LogP contribution in [0.2, 0.25) is 0 Å². The monoisotopic (exact) mass is 283 g/mol. The van der Waals surface area contributed by atoms with Gasteiger partial charge in [-0.05, 0) is 25.3 Å². The van der Waals surface area contributed by atoms with E-state index in [9.17, 15) is 0 Å². The minimum Gasteiger partial charge on any atom is -0.368 e. The highest BCUT2D eigenvalue weighted by Gasteiger charge is 2.21. The van der Waals surface area contributed by atoms with Crippen molar-refractivity contribution >= 4 is 11.6 Å². The Bertz CT molecular complexity index is 632. The molecule has 0 amide bonds. The molecule has 21 heavy (non-hydrogen) atoms. The minimum atomic E-state index is 0.304. The number of hydrogen-bond donors (Lipinski definition) is 2. The van der Waals surface area contributed by atoms with Gasteiger partial charge in [-0.2, -0.15) is 0 Å². The van der Waals surface area contributed by atoms with Crippen LogP contribution < -0.4 is 16.4 Å². The summed E-state index contributed by atoms with van der Waals surface area (Å²) in [4.78, 5) is 11.0. The van der Waals surface area contributed by atoms with Crippen molar-refractivity contribution in [2.45, 2.75) is 25.8 Å². The second-order valence-corrected chi connectivity index (χ2v) is 5.60. The Morgan fingerprint density at radius 3 is 2.62 bits per heavy atom.